The topological polar surface area (TPSA) is 61.7 Å². The molecule has 0 saturated carbocycles. The van der Waals surface area contributed by atoms with Crippen molar-refractivity contribution in [2.24, 2.45) is 5.16 Å². The Morgan fingerprint density at radius 2 is 1.95 bits per heavy atom. The fourth-order valence-corrected chi connectivity index (χ4v) is 2.25. The van der Waals surface area contributed by atoms with Gasteiger partial charge in [-0.2, -0.15) is 0 Å². The molecule has 0 fully saturated rings. The van der Waals surface area contributed by atoms with Gasteiger partial charge in [0, 0.05) is 10.0 Å². The summed E-state index contributed by atoms with van der Waals surface area (Å²) < 4.78 is 13.7. The molecule has 0 spiro atoms. The summed E-state index contributed by atoms with van der Waals surface area (Å²) in [4.78, 5) is 12.2. The minimum Gasteiger partial charge on any atom is -0.411 e. The number of carbonyl (C=O) groups excluding carboxylic acids is 1. The van der Waals surface area contributed by atoms with Gasteiger partial charge in [0.2, 0.25) is 0 Å². The monoisotopic (exact) mass is 350 g/mol. The van der Waals surface area contributed by atoms with Crippen LogP contribution in [0.25, 0.3) is 0 Å². The van der Waals surface area contributed by atoms with Crippen LogP contribution in [0.2, 0.25) is 0 Å². The number of oxime groups is 1. The van der Waals surface area contributed by atoms with E-state index in [1.165, 1.54) is 12.1 Å². The van der Waals surface area contributed by atoms with E-state index in [-0.39, 0.29) is 5.56 Å². The van der Waals surface area contributed by atoms with E-state index in [9.17, 15) is 9.18 Å². The lowest BCUT2D eigenvalue weighted by Crippen LogP contribution is -2.15. The number of carbonyl (C=O) groups is 1. The second-order valence-corrected chi connectivity index (χ2v) is 5.16. The van der Waals surface area contributed by atoms with Crippen LogP contribution >= 0.6 is 15.9 Å². The van der Waals surface area contributed by atoms with E-state index in [1.54, 1.807) is 31.2 Å². The van der Waals surface area contributed by atoms with Crippen molar-refractivity contribution >= 4 is 33.2 Å². The predicted octanol–water partition coefficient (Wildman–Crippen LogP) is 4.04. The summed E-state index contributed by atoms with van der Waals surface area (Å²) in [5.74, 6) is -0.954. The number of nitrogens with zero attached hydrogens (tertiary/aromatic N) is 1. The normalized spacial score (nSPS) is 11.3. The van der Waals surface area contributed by atoms with Crippen molar-refractivity contribution in [3.8, 4) is 0 Å². The third-order valence-corrected chi connectivity index (χ3v) is 3.58. The van der Waals surface area contributed by atoms with Crippen molar-refractivity contribution in [2.45, 2.75) is 6.92 Å². The van der Waals surface area contributed by atoms with Gasteiger partial charge in [0.25, 0.3) is 5.91 Å². The van der Waals surface area contributed by atoms with E-state index in [0.29, 0.717) is 21.4 Å². The molecule has 0 radical (unpaired) electrons. The van der Waals surface area contributed by atoms with Crippen molar-refractivity contribution in [1.82, 2.24) is 0 Å². The number of hydrogen-bond donors (Lipinski definition) is 2. The first-order chi connectivity index (χ1) is 10.0. The molecule has 0 aliphatic rings. The van der Waals surface area contributed by atoms with Crippen LogP contribution < -0.4 is 5.32 Å². The van der Waals surface area contributed by atoms with Gasteiger partial charge in [-0.3, -0.25) is 4.79 Å². The Bertz CT molecular complexity index is 717. The molecule has 21 heavy (non-hydrogen) atoms. The van der Waals surface area contributed by atoms with Gasteiger partial charge in [0.15, 0.2) is 0 Å². The summed E-state index contributed by atoms with van der Waals surface area (Å²) in [5, 5.41) is 14.7. The lowest BCUT2D eigenvalue weighted by molar-refractivity contribution is 0.102. The number of anilines is 1. The Labute approximate surface area is 129 Å². The molecule has 0 atom stereocenters. The number of nitrogens with one attached hydrogen (secondary N) is 1. The highest BCUT2D eigenvalue weighted by atomic mass is 79.9. The van der Waals surface area contributed by atoms with Crippen LogP contribution in [0.1, 0.15) is 22.8 Å². The molecular formula is C15H12BrFN2O2. The SMILES string of the molecule is C/C(=N\O)c1ccccc1NC(=O)c1cc(F)ccc1Br. The predicted molar refractivity (Wildman–Crippen MR) is 82.5 cm³/mol. The van der Waals surface area contributed by atoms with Gasteiger partial charge >= 0.3 is 0 Å². The van der Waals surface area contributed by atoms with Gasteiger partial charge in [-0.15, -0.1) is 0 Å². The highest BCUT2D eigenvalue weighted by Gasteiger charge is 2.14. The highest BCUT2D eigenvalue weighted by Crippen LogP contribution is 2.21. The molecule has 4 nitrogen and oxygen atoms in total. The third kappa shape index (κ3) is 3.46. The summed E-state index contributed by atoms with van der Waals surface area (Å²) in [7, 11) is 0. The van der Waals surface area contributed by atoms with Gasteiger partial charge in [-0.05, 0) is 47.1 Å². The van der Waals surface area contributed by atoms with Crippen LogP contribution in [0.4, 0.5) is 10.1 Å². The number of halogens is 2. The third-order valence-electron chi connectivity index (χ3n) is 2.89. The van der Waals surface area contributed by atoms with Crippen molar-refractivity contribution in [2.75, 3.05) is 5.32 Å². The Balaban J connectivity index is 2.34. The van der Waals surface area contributed by atoms with E-state index in [1.807, 2.05) is 0 Å². The minimum absolute atomic E-state index is 0.184. The zero-order valence-corrected chi connectivity index (χ0v) is 12.7. The molecule has 0 saturated heterocycles. The molecule has 2 aromatic carbocycles. The molecule has 0 aromatic heterocycles. The number of hydrogen-bond acceptors (Lipinski definition) is 3. The van der Waals surface area contributed by atoms with Crippen molar-refractivity contribution < 1.29 is 14.4 Å². The molecule has 2 N–H and O–H groups in total. The maximum absolute atomic E-state index is 13.3. The zero-order chi connectivity index (χ0) is 15.4. The van der Waals surface area contributed by atoms with Crippen LogP contribution in [0.15, 0.2) is 52.1 Å². The Hall–Kier alpha value is -2.21. The van der Waals surface area contributed by atoms with Gasteiger partial charge in [0.1, 0.15) is 5.82 Å². The average molecular weight is 351 g/mol. The molecule has 0 heterocycles. The Kier molecular flexibility index (Phi) is 4.70. The summed E-state index contributed by atoms with van der Waals surface area (Å²) in [6, 6.07) is 10.8. The fraction of sp³-hybridized carbons (Fsp3) is 0.0667. The molecule has 0 bridgehead atoms. The zero-order valence-electron chi connectivity index (χ0n) is 11.1. The van der Waals surface area contributed by atoms with E-state index >= 15 is 0 Å². The molecular weight excluding hydrogens is 339 g/mol. The summed E-state index contributed by atoms with van der Waals surface area (Å²) >= 11 is 3.21. The van der Waals surface area contributed by atoms with E-state index in [2.05, 4.69) is 26.4 Å². The Morgan fingerprint density at radius 1 is 1.24 bits per heavy atom. The molecule has 0 aliphatic heterocycles. The smallest absolute Gasteiger partial charge is 0.256 e. The maximum atomic E-state index is 13.3. The summed E-state index contributed by atoms with van der Waals surface area (Å²) in [5.41, 5.74) is 1.61. The van der Waals surface area contributed by atoms with Crippen LogP contribution in [-0.2, 0) is 0 Å². The van der Waals surface area contributed by atoms with Gasteiger partial charge < -0.3 is 10.5 Å². The molecule has 0 aliphatic carbocycles. The molecule has 108 valence electrons. The standard InChI is InChI=1S/C15H12BrFN2O2/c1-9(19-21)11-4-2-3-5-14(11)18-15(20)12-8-10(17)6-7-13(12)16/h2-8,21H,1H3,(H,18,20)/b19-9+. The van der Waals surface area contributed by atoms with Gasteiger partial charge in [-0.25, -0.2) is 4.39 Å². The van der Waals surface area contributed by atoms with Crippen LogP contribution in [0.3, 0.4) is 0 Å². The molecule has 1 amide bonds. The minimum atomic E-state index is -0.496. The van der Waals surface area contributed by atoms with E-state index in [0.717, 1.165) is 6.07 Å². The maximum Gasteiger partial charge on any atom is 0.256 e. The van der Waals surface area contributed by atoms with Crippen molar-refractivity contribution in [3.63, 3.8) is 0 Å². The fourth-order valence-electron chi connectivity index (χ4n) is 1.82. The molecule has 6 heteroatoms. The summed E-state index contributed by atoms with van der Waals surface area (Å²) in [6.45, 7) is 1.61. The first-order valence-corrected chi connectivity index (χ1v) is 6.86. The molecule has 2 rings (SSSR count). The van der Waals surface area contributed by atoms with E-state index < -0.39 is 11.7 Å². The van der Waals surface area contributed by atoms with Gasteiger partial charge in [-0.1, -0.05) is 23.4 Å². The lowest BCUT2D eigenvalue weighted by atomic mass is 10.1. The summed E-state index contributed by atoms with van der Waals surface area (Å²) in [6.07, 6.45) is 0. The first-order valence-electron chi connectivity index (χ1n) is 6.07. The Morgan fingerprint density at radius 3 is 2.67 bits per heavy atom. The quantitative estimate of drug-likeness (QED) is 0.498. The first kappa shape index (κ1) is 15.2. The number of rotatable bonds is 3. The second kappa shape index (κ2) is 6.49. The van der Waals surface area contributed by atoms with Crippen LogP contribution in [0.5, 0.6) is 0 Å². The number of benzene rings is 2. The highest BCUT2D eigenvalue weighted by molar-refractivity contribution is 9.10. The van der Waals surface area contributed by atoms with E-state index in [4.69, 9.17) is 5.21 Å². The number of amides is 1. The average Bonchev–Trinajstić information content (AvgIpc) is 2.49. The van der Waals surface area contributed by atoms with Crippen LogP contribution in [0, 0.1) is 5.82 Å². The molecule has 2 aromatic rings. The van der Waals surface area contributed by atoms with Gasteiger partial charge in [0.05, 0.1) is 17.0 Å². The lowest BCUT2D eigenvalue weighted by Gasteiger charge is -2.11. The molecule has 0 unspecified atom stereocenters. The van der Waals surface area contributed by atoms with Crippen molar-refractivity contribution in [1.29, 1.82) is 0 Å². The van der Waals surface area contributed by atoms with Crippen LogP contribution in [-0.4, -0.2) is 16.8 Å². The second-order valence-electron chi connectivity index (χ2n) is 4.31. The largest absolute Gasteiger partial charge is 0.411 e. The van der Waals surface area contributed by atoms with Crippen molar-refractivity contribution in [3.05, 3.63) is 63.9 Å². The number of para-hydroxylation sites is 1.